The van der Waals surface area contributed by atoms with Gasteiger partial charge in [0.15, 0.2) is 6.10 Å². The quantitative estimate of drug-likeness (QED) is 0.634. The van der Waals surface area contributed by atoms with Gasteiger partial charge in [-0.2, -0.15) is 0 Å². The summed E-state index contributed by atoms with van der Waals surface area (Å²) in [6.45, 7) is 2.23. The van der Waals surface area contributed by atoms with E-state index in [1.807, 2.05) is 0 Å². The van der Waals surface area contributed by atoms with E-state index in [1.165, 1.54) is 13.2 Å². The van der Waals surface area contributed by atoms with Gasteiger partial charge in [-0.1, -0.05) is 35.3 Å². The van der Waals surface area contributed by atoms with Gasteiger partial charge in [-0.15, -0.1) is 0 Å². The number of benzene rings is 2. The maximum absolute atomic E-state index is 12.4. The van der Waals surface area contributed by atoms with E-state index in [9.17, 15) is 14.7 Å². The highest BCUT2D eigenvalue weighted by Crippen LogP contribution is 2.23. The van der Waals surface area contributed by atoms with Crippen molar-refractivity contribution in [3.8, 4) is 5.75 Å². The number of hydrogen-bond donors (Lipinski definition) is 2. The van der Waals surface area contributed by atoms with Gasteiger partial charge in [-0.05, 0) is 36.8 Å². The van der Waals surface area contributed by atoms with E-state index < -0.39 is 12.1 Å². The van der Waals surface area contributed by atoms with Gasteiger partial charge in [0.1, 0.15) is 5.75 Å². The molecule has 0 spiro atoms. The highest BCUT2D eigenvalue weighted by atomic mass is 35.5. The predicted molar refractivity (Wildman–Crippen MR) is 107 cm³/mol. The van der Waals surface area contributed by atoms with E-state index in [0.717, 1.165) is 5.56 Å². The normalized spacial score (nSPS) is 11.7. The van der Waals surface area contributed by atoms with Crippen LogP contribution in [0.5, 0.6) is 5.75 Å². The van der Waals surface area contributed by atoms with Gasteiger partial charge in [0, 0.05) is 30.2 Å². The summed E-state index contributed by atoms with van der Waals surface area (Å²) in [4.78, 5) is 23.7. The number of methoxy groups -OCH3 is 1. The van der Waals surface area contributed by atoms with E-state index in [1.54, 1.807) is 37.3 Å². The number of carboxylic acid groups (broad SMARTS) is 1. The molecule has 2 aromatic rings. The van der Waals surface area contributed by atoms with Crippen LogP contribution in [0.25, 0.3) is 0 Å². The standard InChI is InChI=1S/C20H21Cl2NO5/c1-3-28-18(20(25)26)9-12-4-7-17(27-2)13(8-12)11-23-19(24)15-6-5-14(21)10-16(15)22/h4-8,10,18H,3,9,11H2,1-2H3,(H,23,24)(H,25,26). The van der Waals surface area contributed by atoms with Gasteiger partial charge in [0.25, 0.3) is 5.91 Å². The Morgan fingerprint density at radius 3 is 2.54 bits per heavy atom. The van der Waals surface area contributed by atoms with Gasteiger partial charge < -0.3 is 19.9 Å². The Labute approximate surface area is 173 Å². The topological polar surface area (TPSA) is 84.9 Å². The van der Waals surface area contributed by atoms with Crippen molar-refractivity contribution in [2.45, 2.75) is 26.0 Å². The molecule has 2 rings (SSSR count). The van der Waals surface area contributed by atoms with Crippen LogP contribution in [0.3, 0.4) is 0 Å². The van der Waals surface area contributed by atoms with E-state index in [2.05, 4.69) is 5.32 Å². The summed E-state index contributed by atoms with van der Waals surface area (Å²) in [5.41, 5.74) is 1.78. The molecule has 2 aromatic carbocycles. The smallest absolute Gasteiger partial charge is 0.333 e. The minimum absolute atomic E-state index is 0.182. The molecule has 0 aromatic heterocycles. The number of rotatable bonds is 9. The Bertz CT molecular complexity index is 856. The molecule has 0 aliphatic heterocycles. The zero-order chi connectivity index (χ0) is 20.7. The largest absolute Gasteiger partial charge is 0.496 e. The van der Waals surface area contributed by atoms with Gasteiger partial charge in [0.05, 0.1) is 17.7 Å². The second-order valence-electron chi connectivity index (χ2n) is 5.94. The molecule has 8 heteroatoms. The van der Waals surface area contributed by atoms with Crippen molar-refractivity contribution in [2.24, 2.45) is 0 Å². The van der Waals surface area contributed by atoms with Crippen LogP contribution in [0.15, 0.2) is 36.4 Å². The Morgan fingerprint density at radius 1 is 1.18 bits per heavy atom. The van der Waals surface area contributed by atoms with Crippen LogP contribution in [0.1, 0.15) is 28.4 Å². The molecule has 28 heavy (non-hydrogen) atoms. The fourth-order valence-corrected chi connectivity index (χ4v) is 3.17. The molecule has 1 amide bonds. The lowest BCUT2D eigenvalue weighted by Crippen LogP contribution is -2.26. The number of ether oxygens (including phenoxy) is 2. The molecule has 0 fully saturated rings. The number of carbonyl (C=O) groups excluding carboxylic acids is 1. The molecule has 2 N–H and O–H groups in total. The van der Waals surface area contributed by atoms with Gasteiger partial charge >= 0.3 is 5.97 Å². The van der Waals surface area contributed by atoms with Crippen molar-refractivity contribution in [1.29, 1.82) is 0 Å². The molecule has 0 bridgehead atoms. The first-order chi connectivity index (χ1) is 13.3. The SMILES string of the molecule is CCOC(Cc1ccc(OC)c(CNC(=O)c2ccc(Cl)cc2Cl)c1)C(=O)O. The average molecular weight is 426 g/mol. The average Bonchev–Trinajstić information content (AvgIpc) is 2.65. The summed E-state index contributed by atoms with van der Waals surface area (Å²) in [6.07, 6.45) is -0.731. The highest BCUT2D eigenvalue weighted by molar-refractivity contribution is 6.36. The molecular weight excluding hydrogens is 405 g/mol. The van der Waals surface area contributed by atoms with Crippen molar-refractivity contribution in [1.82, 2.24) is 5.32 Å². The third-order valence-electron chi connectivity index (χ3n) is 4.02. The minimum atomic E-state index is -1.02. The molecular formula is C20H21Cl2NO5. The van der Waals surface area contributed by atoms with E-state index in [4.69, 9.17) is 32.7 Å². The number of carbonyl (C=O) groups is 2. The van der Waals surface area contributed by atoms with Gasteiger partial charge in [0.2, 0.25) is 0 Å². The van der Waals surface area contributed by atoms with Crippen LogP contribution in [0.2, 0.25) is 10.0 Å². The summed E-state index contributed by atoms with van der Waals surface area (Å²) in [5.74, 6) is -0.800. The highest BCUT2D eigenvalue weighted by Gasteiger charge is 2.19. The van der Waals surface area contributed by atoms with E-state index >= 15 is 0 Å². The Kier molecular flexibility index (Phi) is 8.11. The molecule has 0 saturated heterocycles. The third-order valence-corrected chi connectivity index (χ3v) is 4.57. The van der Waals surface area contributed by atoms with Crippen LogP contribution in [0.4, 0.5) is 0 Å². The molecule has 1 unspecified atom stereocenters. The van der Waals surface area contributed by atoms with Gasteiger partial charge in [-0.25, -0.2) is 4.79 Å². The van der Waals surface area contributed by atoms with Crippen molar-refractivity contribution >= 4 is 35.1 Å². The van der Waals surface area contributed by atoms with Crippen LogP contribution >= 0.6 is 23.2 Å². The molecule has 0 aliphatic rings. The second kappa shape index (κ2) is 10.3. The summed E-state index contributed by atoms with van der Waals surface area (Å²) >= 11 is 11.9. The molecule has 0 aliphatic carbocycles. The number of carboxylic acids is 1. The number of halogens is 2. The molecule has 0 heterocycles. The summed E-state index contributed by atoms with van der Waals surface area (Å²) in [5, 5.41) is 12.7. The van der Waals surface area contributed by atoms with Crippen molar-refractivity contribution < 1.29 is 24.2 Å². The Hall–Kier alpha value is -2.28. The van der Waals surface area contributed by atoms with Crippen molar-refractivity contribution in [3.63, 3.8) is 0 Å². The first-order valence-electron chi connectivity index (χ1n) is 8.59. The number of hydrogen-bond acceptors (Lipinski definition) is 4. The van der Waals surface area contributed by atoms with Crippen LogP contribution < -0.4 is 10.1 Å². The first-order valence-corrected chi connectivity index (χ1v) is 9.34. The second-order valence-corrected chi connectivity index (χ2v) is 6.78. The molecule has 150 valence electrons. The molecule has 0 saturated carbocycles. The minimum Gasteiger partial charge on any atom is -0.496 e. The fourth-order valence-electron chi connectivity index (χ4n) is 2.67. The zero-order valence-corrected chi connectivity index (χ0v) is 17.0. The van der Waals surface area contributed by atoms with Crippen LogP contribution in [-0.4, -0.2) is 36.8 Å². The lowest BCUT2D eigenvalue weighted by Gasteiger charge is -2.15. The molecule has 1 atom stereocenters. The Balaban J connectivity index is 2.15. The maximum Gasteiger partial charge on any atom is 0.333 e. The fraction of sp³-hybridized carbons (Fsp3) is 0.300. The Morgan fingerprint density at radius 2 is 1.93 bits per heavy atom. The van der Waals surface area contributed by atoms with E-state index in [0.29, 0.717) is 28.5 Å². The van der Waals surface area contributed by atoms with Crippen LogP contribution in [0, 0.1) is 0 Å². The van der Waals surface area contributed by atoms with Gasteiger partial charge in [-0.3, -0.25) is 4.79 Å². The van der Waals surface area contributed by atoms with Crippen LogP contribution in [-0.2, 0) is 22.5 Å². The third kappa shape index (κ3) is 5.86. The predicted octanol–water partition coefficient (Wildman–Crippen LogP) is 3.96. The summed E-state index contributed by atoms with van der Waals surface area (Å²) in [6, 6.07) is 9.93. The summed E-state index contributed by atoms with van der Waals surface area (Å²) in [7, 11) is 1.52. The lowest BCUT2D eigenvalue weighted by atomic mass is 10.0. The first kappa shape index (κ1) is 22.0. The maximum atomic E-state index is 12.4. The van der Waals surface area contributed by atoms with E-state index in [-0.39, 0.29) is 23.9 Å². The lowest BCUT2D eigenvalue weighted by molar-refractivity contribution is -0.149. The molecule has 6 nitrogen and oxygen atoms in total. The zero-order valence-electron chi connectivity index (χ0n) is 15.5. The summed E-state index contributed by atoms with van der Waals surface area (Å²) < 4.78 is 10.6. The number of aliphatic carboxylic acids is 1. The number of nitrogens with one attached hydrogen (secondary N) is 1. The molecule has 0 radical (unpaired) electrons. The van der Waals surface area contributed by atoms with Crippen molar-refractivity contribution in [3.05, 3.63) is 63.1 Å². The van der Waals surface area contributed by atoms with Crippen molar-refractivity contribution in [2.75, 3.05) is 13.7 Å². The number of amides is 1. The monoisotopic (exact) mass is 425 g/mol.